The summed E-state index contributed by atoms with van der Waals surface area (Å²) in [4.78, 5) is 21.0. The minimum atomic E-state index is -0.670. The van der Waals surface area contributed by atoms with Gasteiger partial charge in [-0.25, -0.2) is 9.59 Å². The molecule has 4 nitrogen and oxygen atoms in total. The third kappa shape index (κ3) is 1.15. The van der Waals surface area contributed by atoms with Crippen molar-refractivity contribution in [3.05, 3.63) is 12.7 Å². The summed E-state index contributed by atoms with van der Waals surface area (Å²) in [6.07, 6.45) is 1.30. The second-order valence-electron chi connectivity index (χ2n) is 1.93. The van der Waals surface area contributed by atoms with Crippen LogP contribution < -0.4 is 5.32 Å². The van der Waals surface area contributed by atoms with Gasteiger partial charge in [-0.05, 0) is 6.42 Å². The summed E-state index contributed by atoms with van der Waals surface area (Å²) in [6.45, 7) is 3.42. The number of hydrogen-bond donors (Lipinski definition) is 1. The van der Waals surface area contributed by atoms with Crippen molar-refractivity contribution in [3.63, 3.8) is 0 Å². The number of alkyl carbamates (subject to hydrolysis) is 1. The van der Waals surface area contributed by atoms with E-state index < -0.39 is 18.1 Å². The first-order chi connectivity index (χ1) is 4.74. The van der Waals surface area contributed by atoms with E-state index >= 15 is 0 Å². The molecule has 1 N–H and O–H groups in total. The molecule has 0 radical (unpaired) electrons. The second-order valence-corrected chi connectivity index (χ2v) is 1.93. The van der Waals surface area contributed by atoms with Crippen LogP contribution in [0.5, 0.6) is 0 Å². The third-order valence-corrected chi connectivity index (χ3v) is 1.17. The molecule has 0 bridgehead atoms. The molecule has 54 valence electrons. The van der Waals surface area contributed by atoms with Crippen LogP contribution in [0, 0.1) is 0 Å². The van der Waals surface area contributed by atoms with Crippen molar-refractivity contribution in [1.82, 2.24) is 5.32 Å². The van der Waals surface area contributed by atoms with E-state index in [0.29, 0.717) is 6.42 Å². The van der Waals surface area contributed by atoms with Gasteiger partial charge >= 0.3 is 12.1 Å². The first kappa shape index (κ1) is 6.80. The summed E-state index contributed by atoms with van der Waals surface area (Å²) in [5.74, 6) is -0.523. The van der Waals surface area contributed by atoms with Crippen molar-refractivity contribution >= 4 is 12.1 Å². The maximum absolute atomic E-state index is 10.6. The molecular weight excluding hydrogens is 134 g/mol. The van der Waals surface area contributed by atoms with E-state index in [0.717, 1.165) is 0 Å². The maximum Gasteiger partial charge on any atom is 0.415 e. The van der Waals surface area contributed by atoms with Gasteiger partial charge in [0.1, 0.15) is 6.04 Å². The average molecular weight is 141 g/mol. The van der Waals surface area contributed by atoms with E-state index in [1.165, 1.54) is 0 Å². The van der Waals surface area contributed by atoms with Crippen LogP contribution in [0.1, 0.15) is 6.42 Å². The molecule has 0 aliphatic carbocycles. The van der Waals surface area contributed by atoms with Crippen molar-refractivity contribution in [2.45, 2.75) is 12.5 Å². The van der Waals surface area contributed by atoms with E-state index in [4.69, 9.17) is 0 Å². The topological polar surface area (TPSA) is 55.4 Å². The predicted octanol–water partition coefficient (Wildman–Crippen LogP) is 0.197. The van der Waals surface area contributed by atoms with Gasteiger partial charge in [-0.1, -0.05) is 6.08 Å². The minimum Gasteiger partial charge on any atom is -0.375 e. The number of hydrogen-bond acceptors (Lipinski definition) is 3. The maximum atomic E-state index is 10.6. The van der Waals surface area contributed by atoms with Gasteiger partial charge in [-0.15, -0.1) is 6.58 Å². The van der Waals surface area contributed by atoms with Gasteiger partial charge in [0.2, 0.25) is 0 Å². The number of esters is 1. The van der Waals surface area contributed by atoms with Crippen LogP contribution in [-0.4, -0.2) is 18.1 Å². The number of nitrogens with one attached hydrogen (secondary N) is 1. The molecule has 1 amide bonds. The Balaban J connectivity index is 2.54. The van der Waals surface area contributed by atoms with Crippen LogP contribution in [0.3, 0.4) is 0 Å². The SMILES string of the molecule is C=CC[C@H]1NC(=O)OC1=O. The lowest BCUT2D eigenvalue weighted by atomic mass is 10.2. The number of ether oxygens (including phenoxy) is 1. The van der Waals surface area contributed by atoms with Gasteiger partial charge in [0.25, 0.3) is 0 Å². The Morgan fingerprint density at radius 3 is 2.80 bits per heavy atom. The highest BCUT2D eigenvalue weighted by Crippen LogP contribution is 2.03. The molecule has 1 rings (SSSR count). The van der Waals surface area contributed by atoms with Crippen molar-refractivity contribution in [3.8, 4) is 0 Å². The largest absolute Gasteiger partial charge is 0.415 e. The molecule has 1 aliphatic heterocycles. The van der Waals surface area contributed by atoms with Crippen LogP contribution >= 0.6 is 0 Å². The zero-order chi connectivity index (χ0) is 7.56. The number of cyclic esters (lactones) is 2. The van der Waals surface area contributed by atoms with Gasteiger partial charge in [0, 0.05) is 0 Å². The third-order valence-electron chi connectivity index (χ3n) is 1.17. The zero-order valence-electron chi connectivity index (χ0n) is 5.29. The molecule has 10 heavy (non-hydrogen) atoms. The summed E-state index contributed by atoms with van der Waals surface area (Å²) in [5, 5.41) is 2.32. The van der Waals surface area contributed by atoms with Crippen molar-refractivity contribution < 1.29 is 14.3 Å². The Morgan fingerprint density at radius 2 is 2.40 bits per heavy atom. The summed E-state index contributed by atoms with van der Waals surface area (Å²) >= 11 is 0. The lowest BCUT2D eigenvalue weighted by Crippen LogP contribution is -2.27. The average Bonchev–Trinajstić information content (AvgIpc) is 2.13. The molecule has 1 saturated heterocycles. The molecule has 1 heterocycles. The van der Waals surface area contributed by atoms with E-state index in [2.05, 4.69) is 16.6 Å². The van der Waals surface area contributed by atoms with Crippen molar-refractivity contribution in [2.75, 3.05) is 0 Å². The van der Waals surface area contributed by atoms with Gasteiger partial charge < -0.3 is 10.1 Å². The summed E-state index contributed by atoms with van der Waals surface area (Å²) < 4.78 is 4.19. The van der Waals surface area contributed by atoms with Crippen LogP contribution in [-0.2, 0) is 9.53 Å². The Hall–Kier alpha value is -1.32. The Bertz CT molecular complexity index is 187. The Morgan fingerprint density at radius 1 is 1.70 bits per heavy atom. The smallest absolute Gasteiger partial charge is 0.375 e. The van der Waals surface area contributed by atoms with Gasteiger partial charge in [0.15, 0.2) is 0 Å². The first-order valence-corrected chi connectivity index (χ1v) is 2.87. The Labute approximate surface area is 57.9 Å². The monoisotopic (exact) mass is 141 g/mol. The molecule has 0 aromatic carbocycles. The van der Waals surface area contributed by atoms with E-state index in [-0.39, 0.29) is 0 Å². The molecule has 4 heteroatoms. The molecule has 0 saturated carbocycles. The normalized spacial score (nSPS) is 23.8. The first-order valence-electron chi connectivity index (χ1n) is 2.87. The molecule has 0 spiro atoms. The minimum absolute atomic E-state index is 0.421. The highest BCUT2D eigenvalue weighted by atomic mass is 16.6. The van der Waals surface area contributed by atoms with Gasteiger partial charge in [-0.3, -0.25) is 0 Å². The van der Waals surface area contributed by atoms with Crippen LogP contribution in [0.2, 0.25) is 0 Å². The number of carbonyl (C=O) groups excluding carboxylic acids is 2. The second kappa shape index (κ2) is 2.51. The molecule has 1 fully saturated rings. The van der Waals surface area contributed by atoms with E-state index in [9.17, 15) is 9.59 Å². The summed E-state index contributed by atoms with van der Waals surface area (Å²) in [6, 6.07) is -0.523. The van der Waals surface area contributed by atoms with E-state index in [1.807, 2.05) is 0 Å². The fraction of sp³-hybridized carbons (Fsp3) is 0.333. The van der Waals surface area contributed by atoms with Gasteiger partial charge in [0.05, 0.1) is 0 Å². The predicted molar refractivity (Wildman–Crippen MR) is 33.2 cm³/mol. The molecule has 0 aromatic heterocycles. The molecule has 0 aromatic rings. The van der Waals surface area contributed by atoms with Crippen LogP contribution in [0.25, 0.3) is 0 Å². The highest BCUT2D eigenvalue weighted by Gasteiger charge is 2.30. The Kier molecular flexibility index (Phi) is 1.71. The van der Waals surface area contributed by atoms with Crippen molar-refractivity contribution in [1.29, 1.82) is 0 Å². The molecular formula is C6H7NO3. The number of rotatable bonds is 2. The van der Waals surface area contributed by atoms with E-state index in [1.54, 1.807) is 6.08 Å². The fourth-order valence-electron chi connectivity index (χ4n) is 0.715. The zero-order valence-corrected chi connectivity index (χ0v) is 5.29. The molecule has 0 unspecified atom stereocenters. The molecule has 1 aliphatic rings. The fourth-order valence-corrected chi connectivity index (χ4v) is 0.715. The lowest BCUT2D eigenvalue weighted by molar-refractivity contribution is -0.135. The van der Waals surface area contributed by atoms with Gasteiger partial charge in [-0.2, -0.15) is 0 Å². The molecule has 1 atom stereocenters. The van der Waals surface area contributed by atoms with Crippen molar-refractivity contribution in [2.24, 2.45) is 0 Å². The number of carbonyl (C=O) groups is 2. The van der Waals surface area contributed by atoms with Crippen LogP contribution in [0.4, 0.5) is 4.79 Å². The standard InChI is InChI=1S/C6H7NO3/c1-2-3-4-5(8)10-6(9)7-4/h2,4H,1,3H2,(H,7,9)/t4-/m1/s1. The highest BCUT2D eigenvalue weighted by molar-refractivity contribution is 5.95. The summed E-state index contributed by atoms with van der Waals surface area (Å²) in [5.41, 5.74) is 0. The quantitative estimate of drug-likeness (QED) is 0.339. The van der Waals surface area contributed by atoms with Crippen LogP contribution in [0.15, 0.2) is 12.7 Å². The number of amides is 1. The lowest BCUT2D eigenvalue weighted by Gasteiger charge is -1.97. The summed E-state index contributed by atoms with van der Waals surface area (Å²) in [7, 11) is 0.